The second-order valence-corrected chi connectivity index (χ2v) is 5.36. The van der Waals surface area contributed by atoms with Gasteiger partial charge < -0.3 is 0 Å². The molecule has 1 aliphatic rings. The van der Waals surface area contributed by atoms with Crippen molar-refractivity contribution in [2.75, 3.05) is 0 Å². The van der Waals surface area contributed by atoms with Crippen molar-refractivity contribution in [2.45, 2.75) is 65.2 Å². The summed E-state index contributed by atoms with van der Waals surface area (Å²) < 4.78 is 0. The van der Waals surface area contributed by atoms with Crippen LogP contribution in [0.25, 0.3) is 0 Å². The average Bonchev–Trinajstić information content (AvgIpc) is 2.34. The van der Waals surface area contributed by atoms with Gasteiger partial charge in [-0.15, -0.1) is 6.42 Å². The van der Waals surface area contributed by atoms with E-state index in [1.54, 1.807) is 5.57 Å². The lowest BCUT2D eigenvalue weighted by Gasteiger charge is -2.08. The molecule has 0 aromatic carbocycles. The Balaban J connectivity index is 2.61. The lowest BCUT2D eigenvalue weighted by Crippen LogP contribution is -1.93. The van der Waals surface area contributed by atoms with Crippen LogP contribution in [0.2, 0.25) is 0 Å². The summed E-state index contributed by atoms with van der Waals surface area (Å²) in [6.07, 6.45) is 20.4. The molecule has 1 atom stereocenters. The highest BCUT2D eigenvalue weighted by molar-refractivity contribution is 5.25. The molecule has 94 valence electrons. The molecule has 0 nitrogen and oxygen atoms in total. The summed E-state index contributed by atoms with van der Waals surface area (Å²) in [7, 11) is 0. The van der Waals surface area contributed by atoms with E-state index < -0.39 is 0 Å². The fourth-order valence-corrected chi connectivity index (χ4v) is 2.35. The largest absolute Gasteiger partial charge is 0.115 e. The summed E-state index contributed by atoms with van der Waals surface area (Å²) >= 11 is 0. The molecule has 17 heavy (non-hydrogen) atoms. The first-order valence-electron chi connectivity index (χ1n) is 7.05. The minimum absolute atomic E-state index is 0.616. The molecular weight excluding hydrogens is 204 g/mol. The molecule has 0 bridgehead atoms. The third kappa shape index (κ3) is 6.37. The van der Waals surface area contributed by atoms with Crippen LogP contribution in [0.1, 0.15) is 65.2 Å². The maximum absolute atomic E-state index is 5.57. The molecule has 0 fully saturated rings. The monoisotopic (exact) mass is 230 g/mol. The van der Waals surface area contributed by atoms with E-state index in [-0.39, 0.29) is 0 Å². The number of terminal acetylenes is 1. The second-order valence-electron chi connectivity index (χ2n) is 5.36. The molecule has 0 aromatic rings. The van der Waals surface area contributed by atoms with Gasteiger partial charge in [-0.3, -0.25) is 0 Å². The normalized spacial score (nSPS) is 24.4. The molecule has 1 rings (SSSR count). The zero-order valence-electron chi connectivity index (χ0n) is 11.5. The predicted octanol–water partition coefficient (Wildman–Crippen LogP) is 5.26. The van der Waals surface area contributed by atoms with Crippen LogP contribution in [-0.2, 0) is 0 Å². The standard InChI is InChI=1S/C17H26/c1-4-17-11-9-7-5-6-8-10-15(2)12-13-16(3)14-17/h1,10,14,16H,5-9,11-13H2,2-3H3. The number of hydrogen-bond acceptors (Lipinski definition) is 0. The minimum atomic E-state index is 0.616. The van der Waals surface area contributed by atoms with Crippen LogP contribution in [0.4, 0.5) is 0 Å². The van der Waals surface area contributed by atoms with Crippen molar-refractivity contribution in [1.29, 1.82) is 0 Å². The lowest BCUT2D eigenvalue weighted by atomic mass is 9.97. The van der Waals surface area contributed by atoms with Gasteiger partial charge >= 0.3 is 0 Å². The summed E-state index contributed by atoms with van der Waals surface area (Å²) in [4.78, 5) is 0. The SMILES string of the molecule is C#CC1=CC(C)CCC(C)=CCCCCCC1. The first-order valence-corrected chi connectivity index (χ1v) is 7.05. The lowest BCUT2D eigenvalue weighted by molar-refractivity contribution is 0.635. The molecule has 0 heteroatoms. The van der Waals surface area contributed by atoms with Crippen LogP contribution in [0.5, 0.6) is 0 Å². The van der Waals surface area contributed by atoms with Crippen LogP contribution < -0.4 is 0 Å². The Hall–Kier alpha value is -0.960. The first-order chi connectivity index (χ1) is 8.22. The fourth-order valence-electron chi connectivity index (χ4n) is 2.35. The van der Waals surface area contributed by atoms with Crippen LogP contribution in [0.15, 0.2) is 23.3 Å². The Morgan fingerprint density at radius 1 is 1.18 bits per heavy atom. The zero-order chi connectivity index (χ0) is 12.5. The fraction of sp³-hybridized carbons (Fsp3) is 0.647. The van der Waals surface area contributed by atoms with E-state index in [1.807, 2.05) is 0 Å². The van der Waals surface area contributed by atoms with Crippen molar-refractivity contribution in [3.8, 4) is 12.3 Å². The Morgan fingerprint density at radius 2 is 1.94 bits per heavy atom. The topological polar surface area (TPSA) is 0 Å². The van der Waals surface area contributed by atoms with Crippen LogP contribution in [-0.4, -0.2) is 0 Å². The van der Waals surface area contributed by atoms with Gasteiger partial charge in [0.25, 0.3) is 0 Å². The average molecular weight is 230 g/mol. The smallest absolute Gasteiger partial charge is 0.00196 e. The Kier molecular flexibility index (Phi) is 6.78. The molecule has 0 aliphatic heterocycles. The molecule has 0 aromatic heterocycles. The van der Waals surface area contributed by atoms with E-state index in [0.717, 1.165) is 6.42 Å². The van der Waals surface area contributed by atoms with Gasteiger partial charge in [-0.2, -0.15) is 0 Å². The van der Waals surface area contributed by atoms with Gasteiger partial charge in [0.15, 0.2) is 0 Å². The maximum atomic E-state index is 5.57. The molecule has 0 N–H and O–H groups in total. The molecular formula is C17H26. The van der Waals surface area contributed by atoms with Crippen LogP contribution in [0.3, 0.4) is 0 Å². The van der Waals surface area contributed by atoms with Crippen molar-refractivity contribution >= 4 is 0 Å². The highest BCUT2D eigenvalue weighted by Gasteiger charge is 2.03. The van der Waals surface area contributed by atoms with E-state index in [4.69, 9.17) is 6.42 Å². The molecule has 1 aliphatic carbocycles. The number of hydrogen-bond donors (Lipinski definition) is 0. The van der Waals surface area contributed by atoms with Crippen molar-refractivity contribution in [3.05, 3.63) is 23.3 Å². The van der Waals surface area contributed by atoms with E-state index in [1.165, 1.54) is 50.5 Å². The zero-order valence-corrected chi connectivity index (χ0v) is 11.5. The molecule has 0 amide bonds. The van der Waals surface area contributed by atoms with Crippen molar-refractivity contribution in [2.24, 2.45) is 5.92 Å². The van der Waals surface area contributed by atoms with Crippen LogP contribution >= 0.6 is 0 Å². The number of rotatable bonds is 0. The predicted molar refractivity (Wildman–Crippen MR) is 76.8 cm³/mol. The molecule has 0 spiro atoms. The Labute approximate surface area is 107 Å². The van der Waals surface area contributed by atoms with Crippen molar-refractivity contribution in [1.82, 2.24) is 0 Å². The van der Waals surface area contributed by atoms with Gasteiger partial charge in [-0.05, 0) is 56.9 Å². The highest BCUT2D eigenvalue weighted by atomic mass is 14.1. The molecule has 0 radical (unpaired) electrons. The number of allylic oxidation sites excluding steroid dienone is 4. The van der Waals surface area contributed by atoms with E-state index in [2.05, 4.69) is 31.9 Å². The highest BCUT2D eigenvalue weighted by Crippen LogP contribution is 2.19. The van der Waals surface area contributed by atoms with Gasteiger partial charge in [0.05, 0.1) is 0 Å². The Bertz CT molecular complexity index is 311. The van der Waals surface area contributed by atoms with Crippen molar-refractivity contribution in [3.63, 3.8) is 0 Å². The van der Waals surface area contributed by atoms with Gasteiger partial charge in [0, 0.05) is 0 Å². The Morgan fingerprint density at radius 3 is 2.71 bits per heavy atom. The van der Waals surface area contributed by atoms with E-state index in [9.17, 15) is 0 Å². The van der Waals surface area contributed by atoms with Gasteiger partial charge in [0.2, 0.25) is 0 Å². The molecule has 0 saturated heterocycles. The minimum Gasteiger partial charge on any atom is -0.115 e. The molecule has 1 unspecified atom stereocenters. The van der Waals surface area contributed by atoms with E-state index >= 15 is 0 Å². The maximum Gasteiger partial charge on any atom is -0.00196 e. The third-order valence-electron chi connectivity index (χ3n) is 3.56. The quantitative estimate of drug-likeness (QED) is 0.393. The van der Waals surface area contributed by atoms with Crippen LogP contribution in [0, 0.1) is 18.3 Å². The molecule has 0 heterocycles. The van der Waals surface area contributed by atoms with Gasteiger partial charge in [0.1, 0.15) is 0 Å². The summed E-state index contributed by atoms with van der Waals surface area (Å²) in [6.45, 7) is 4.54. The summed E-state index contributed by atoms with van der Waals surface area (Å²) in [5, 5.41) is 0. The molecule has 0 saturated carbocycles. The third-order valence-corrected chi connectivity index (χ3v) is 3.56. The summed E-state index contributed by atoms with van der Waals surface area (Å²) in [6, 6.07) is 0. The van der Waals surface area contributed by atoms with Gasteiger partial charge in [-0.25, -0.2) is 0 Å². The van der Waals surface area contributed by atoms with Gasteiger partial charge in [-0.1, -0.05) is 43.4 Å². The van der Waals surface area contributed by atoms with Crippen molar-refractivity contribution < 1.29 is 0 Å². The summed E-state index contributed by atoms with van der Waals surface area (Å²) in [5.41, 5.74) is 2.77. The second kappa shape index (κ2) is 8.18. The summed E-state index contributed by atoms with van der Waals surface area (Å²) in [5.74, 6) is 3.48. The first kappa shape index (κ1) is 14.1. The van der Waals surface area contributed by atoms with E-state index in [0.29, 0.717) is 5.92 Å².